The molecule has 0 N–H and O–H groups in total. The number of hydrogen-bond acceptors (Lipinski definition) is 5. The summed E-state index contributed by atoms with van der Waals surface area (Å²) in [6.07, 6.45) is 5.84. The molecule has 1 aromatic carbocycles. The molecule has 4 rings (SSSR count). The number of rotatable bonds is 8. The number of aromatic nitrogens is 2. The van der Waals surface area contributed by atoms with Gasteiger partial charge in [0, 0.05) is 23.7 Å². The van der Waals surface area contributed by atoms with Gasteiger partial charge >= 0.3 is 0 Å². The van der Waals surface area contributed by atoms with E-state index in [0.29, 0.717) is 0 Å². The Hall–Kier alpha value is -1.63. The molecule has 160 valence electrons. The van der Waals surface area contributed by atoms with Gasteiger partial charge in [-0.2, -0.15) is 0 Å². The number of fused-ring (bicyclic) bond motifs is 3. The van der Waals surface area contributed by atoms with Gasteiger partial charge in [-0.15, -0.1) is 11.3 Å². The van der Waals surface area contributed by atoms with Crippen molar-refractivity contribution >= 4 is 33.3 Å². The minimum absolute atomic E-state index is 0.0994. The lowest BCUT2D eigenvalue weighted by Gasteiger charge is -2.25. The number of thioether (sulfide) groups is 1. The Morgan fingerprint density at radius 2 is 1.93 bits per heavy atom. The van der Waals surface area contributed by atoms with Crippen molar-refractivity contribution in [3.63, 3.8) is 0 Å². The molecular formula is C24H31N3OS2. The van der Waals surface area contributed by atoms with Crippen LogP contribution >= 0.6 is 23.1 Å². The second-order valence-electron chi connectivity index (χ2n) is 8.08. The van der Waals surface area contributed by atoms with Gasteiger partial charge in [-0.05, 0) is 44.0 Å². The molecule has 0 aliphatic carbocycles. The highest BCUT2D eigenvalue weighted by atomic mass is 32.2. The fourth-order valence-electron chi connectivity index (χ4n) is 4.06. The summed E-state index contributed by atoms with van der Waals surface area (Å²) < 4.78 is 1.85. The predicted octanol–water partition coefficient (Wildman–Crippen LogP) is 5.81. The number of likely N-dealkylation sites (N-methyl/N-ethyl adjacent to an activating group) is 1. The standard InChI is InChI=1S/C24H31N3OS2/c1-4-6-7-8-15-29-24-25-22-21(19-13-14-26(5-2)16-20(19)30-22)23(28)27(24)18-11-9-17(3)10-12-18/h9-12H,4-8,13-16H2,1-3H3. The van der Waals surface area contributed by atoms with Crippen molar-refractivity contribution in [2.24, 2.45) is 0 Å². The highest BCUT2D eigenvalue weighted by Crippen LogP contribution is 2.34. The molecule has 0 spiro atoms. The molecule has 0 saturated carbocycles. The van der Waals surface area contributed by atoms with Crippen molar-refractivity contribution in [1.82, 2.24) is 14.5 Å². The summed E-state index contributed by atoms with van der Waals surface area (Å²) in [6, 6.07) is 8.24. The first-order chi connectivity index (χ1) is 14.6. The van der Waals surface area contributed by atoms with Crippen LogP contribution in [0.15, 0.2) is 34.2 Å². The lowest BCUT2D eigenvalue weighted by molar-refractivity contribution is 0.272. The van der Waals surface area contributed by atoms with E-state index in [1.54, 1.807) is 23.1 Å². The van der Waals surface area contributed by atoms with Gasteiger partial charge in [-0.25, -0.2) is 4.98 Å². The van der Waals surface area contributed by atoms with Crippen molar-refractivity contribution in [2.75, 3.05) is 18.8 Å². The maximum Gasteiger partial charge on any atom is 0.267 e. The van der Waals surface area contributed by atoms with E-state index in [1.807, 2.05) is 16.7 Å². The van der Waals surface area contributed by atoms with Crippen LogP contribution < -0.4 is 5.56 Å². The van der Waals surface area contributed by atoms with Crippen molar-refractivity contribution in [2.45, 2.75) is 64.6 Å². The zero-order valence-corrected chi connectivity index (χ0v) is 19.9. The van der Waals surface area contributed by atoms with Gasteiger partial charge in [0.25, 0.3) is 5.56 Å². The number of aryl methyl sites for hydroxylation is 1. The molecule has 30 heavy (non-hydrogen) atoms. The molecule has 0 saturated heterocycles. The van der Waals surface area contributed by atoms with E-state index in [0.717, 1.165) is 59.3 Å². The molecule has 0 amide bonds. The fraction of sp³-hybridized carbons (Fsp3) is 0.500. The normalized spacial score (nSPS) is 14.4. The molecule has 0 fully saturated rings. The first kappa shape index (κ1) is 21.6. The average Bonchev–Trinajstić information content (AvgIpc) is 3.12. The van der Waals surface area contributed by atoms with Crippen LogP contribution in [0.1, 0.15) is 55.5 Å². The summed E-state index contributed by atoms with van der Waals surface area (Å²) in [6.45, 7) is 9.52. The second-order valence-corrected chi connectivity index (χ2v) is 10.2. The van der Waals surface area contributed by atoms with Crippen LogP contribution in [0.3, 0.4) is 0 Å². The minimum Gasteiger partial charge on any atom is -0.298 e. The second kappa shape index (κ2) is 9.67. The van der Waals surface area contributed by atoms with Crippen LogP contribution in [0.4, 0.5) is 0 Å². The summed E-state index contributed by atoms with van der Waals surface area (Å²) in [7, 11) is 0. The third-order valence-electron chi connectivity index (χ3n) is 5.89. The molecule has 0 unspecified atom stereocenters. The molecule has 0 bridgehead atoms. The average molecular weight is 442 g/mol. The number of hydrogen-bond donors (Lipinski definition) is 0. The van der Waals surface area contributed by atoms with E-state index in [9.17, 15) is 4.79 Å². The Labute approximate surface area is 187 Å². The Morgan fingerprint density at radius 3 is 2.67 bits per heavy atom. The first-order valence-corrected chi connectivity index (χ1v) is 12.9. The quantitative estimate of drug-likeness (QED) is 0.251. The number of nitrogens with zero attached hydrogens (tertiary/aromatic N) is 3. The van der Waals surface area contributed by atoms with E-state index in [1.165, 1.54) is 35.3 Å². The van der Waals surface area contributed by atoms with E-state index in [-0.39, 0.29) is 5.56 Å². The summed E-state index contributed by atoms with van der Waals surface area (Å²) in [5.41, 5.74) is 3.45. The summed E-state index contributed by atoms with van der Waals surface area (Å²) in [5, 5.41) is 1.68. The number of benzene rings is 1. The summed E-state index contributed by atoms with van der Waals surface area (Å²) in [5.74, 6) is 0.999. The van der Waals surface area contributed by atoms with Gasteiger partial charge in [0.15, 0.2) is 5.16 Å². The zero-order chi connectivity index (χ0) is 21.1. The third kappa shape index (κ3) is 4.36. The van der Waals surface area contributed by atoms with Gasteiger partial charge in [-0.3, -0.25) is 14.3 Å². The highest BCUT2D eigenvalue weighted by Gasteiger charge is 2.25. The van der Waals surface area contributed by atoms with E-state index in [2.05, 4.69) is 37.8 Å². The molecular weight excluding hydrogens is 410 g/mol. The molecule has 0 atom stereocenters. The summed E-state index contributed by atoms with van der Waals surface area (Å²) in [4.78, 5) is 23.5. The van der Waals surface area contributed by atoms with Gasteiger partial charge in [0.2, 0.25) is 0 Å². The smallest absolute Gasteiger partial charge is 0.267 e. The Morgan fingerprint density at radius 1 is 1.13 bits per heavy atom. The Kier molecular flexibility index (Phi) is 6.96. The Bertz CT molecular complexity index is 1070. The maximum absolute atomic E-state index is 13.8. The van der Waals surface area contributed by atoms with Crippen molar-refractivity contribution in [3.05, 3.63) is 50.6 Å². The zero-order valence-electron chi connectivity index (χ0n) is 18.2. The third-order valence-corrected chi connectivity index (χ3v) is 8.03. The van der Waals surface area contributed by atoms with E-state index >= 15 is 0 Å². The van der Waals surface area contributed by atoms with Crippen molar-refractivity contribution in [3.8, 4) is 5.69 Å². The highest BCUT2D eigenvalue weighted by molar-refractivity contribution is 7.99. The van der Waals surface area contributed by atoms with Crippen LogP contribution in [-0.4, -0.2) is 33.3 Å². The first-order valence-electron chi connectivity index (χ1n) is 11.1. The minimum atomic E-state index is 0.0994. The molecule has 1 aliphatic rings. The predicted molar refractivity (Wildman–Crippen MR) is 129 cm³/mol. The van der Waals surface area contributed by atoms with Crippen molar-refractivity contribution < 1.29 is 0 Å². The topological polar surface area (TPSA) is 38.1 Å². The number of thiophene rings is 1. The van der Waals surface area contributed by atoms with E-state index < -0.39 is 0 Å². The largest absolute Gasteiger partial charge is 0.298 e. The SMILES string of the molecule is CCCCCCSc1nc2sc3c(c2c(=O)n1-c1ccc(C)cc1)CCN(CC)C3. The molecule has 0 radical (unpaired) electrons. The molecule has 2 aromatic heterocycles. The van der Waals surface area contributed by atoms with Gasteiger partial charge in [0.1, 0.15) is 4.83 Å². The van der Waals surface area contributed by atoms with E-state index in [4.69, 9.17) is 4.98 Å². The molecule has 4 nitrogen and oxygen atoms in total. The lowest BCUT2D eigenvalue weighted by atomic mass is 10.1. The molecule has 3 aromatic rings. The van der Waals surface area contributed by atoms with Crippen LogP contribution in [0.25, 0.3) is 15.9 Å². The maximum atomic E-state index is 13.8. The van der Waals surface area contributed by atoms with Gasteiger partial charge in [0.05, 0.1) is 11.1 Å². The van der Waals surface area contributed by atoms with Crippen LogP contribution in [0.5, 0.6) is 0 Å². The van der Waals surface area contributed by atoms with Gasteiger partial charge < -0.3 is 0 Å². The Balaban J connectivity index is 1.78. The molecule has 3 heterocycles. The van der Waals surface area contributed by atoms with Crippen LogP contribution in [0, 0.1) is 6.92 Å². The van der Waals surface area contributed by atoms with Crippen LogP contribution in [-0.2, 0) is 13.0 Å². The lowest BCUT2D eigenvalue weighted by Crippen LogP contribution is -2.30. The van der Waals surface area contributed by atoms with Crippen LogP contribution in [0.2, 0.25) is 0 Å². The monoisotopic (exact) mass is 441 g/mol. The fourth-order valence-corrected chi connectivity index (χ4v) is 6.37. The molecule has 1 aliphatic heterocycles. The molecule has 6 heteroatoms. The number of unbranched alkanes of at least 4 members (excludes halogenated alkanes) is 3. The van der Waals surface area contributed by atoms with Crippen molar-refractivity contribution in [1.29, 1.82) is 0 Å². The summed E-state index contributed by atoms with van der Waals surface area (Å²) >= 11 is 3.45. The van der Waals surface area contributed by atoms with Gasteiger partial charge in [-0.1, -0.05) is 62.6 Å².